The first-order chi connectivity index (χ1) is 9.20. The van der Waals surface area contributed by atoms with Crippen molar-refractivity contribution < 1.29 is 4.92 Å². The molecule has 0 spiro atoms. The largest absolute Gasteiger partial charge is 0.360 e. The minimum absolute atomic E-state index is 0.127. The third-order valence-corrected chi connectivity index (χ3v) is 3.08. The van der Waals surface area contributed by atoms with E-state index >= 15 is 0 Å². The zero-order chi connectivity index (χ0) is 13.7. The van der Waals surface area contributed by atoms with Crippen molar-refractivity contribution >= 4 is 11.5 Å². The van der Waals surface area contributed by atoms with Crippen LogP contribution >= 0.6 is 0 Å². The van der Waals surface area contributed by atoms with Crippen molar-refractivity contribution in [3.63, 3.8) is 0 Å². The Balaban J connectivity index is 2.19. The maximum absolute atomic E-state index is 11.0. The third kappa shape index (κ3) is 3.39. The molecule has 7 heteroatoms. The van der Waals surface area contributed by atoms with Crippen LogP contribution in [0.1, 0.15) is 24.8 Å². The smallest absolute Gasteiger partial charge is 0.312 e. The lowest BCUT2D eigenvalue weighted by Gasteiger charge is -2.16. The van der Waals surface area contributed by atoms with E-state index in [0.717, 1.165) is 32.4 Å². The van der Waals surface area contributed by atoms with Gasteiger partial charge in [-0.2, -0.15) is 5.26 Å². The number of pyridine rings is 1. The maximum atomic E-state index is 11.0. The molecule has 2 N–H and O–H groups in total. The van der Waals surface area contributed by atoms with E-state index in [-0.39, 0.29) is 23.1 Å². The van der Waals surface area contributed by atoms with Crippen LogP contribution in [0.15, 0.2) is 12.3 Å². The molecule has 2 rings (SSSR count). The first kappa shape index (κ1) is 13.2. The molecule has 0 bridgehead atoms. The Bertz CT molecular complexity index is 503. The summed E-state index contributed by atoms with van der Waals surface area (Å²) in [6.45, 7) is 1.74. The molecule has 1 atom stereocenters. The highest BCUT2D eigenvalue weighted by atomic mass is 16.6. The quantitative estimate of drug-likeness (QED) is 0.629. The molecule has 1 fully saturated rings. The van der Waals surface area contributed by atoms with Gasteiger partial charge in [-0.25, -0.2) is 4.98 Å². The predicted octanol–water partition coefficient (Wildman–Crippen LogP) is 1.42. The van der Waals surface area contributed by atoms with Gasteiger partial charge in [-0.3, -0.25) is 10.1 Å². The van der Waals surface area contributed by atoms with Gasteiger partial charge in [0.25, 0.3) is 0 Å². The number of hydrogen-bond donors (Lipinski definition) is 2. The van der Waals surface area contributed by atoms with Crippen LogP contribution in [0.4, 0.5) is 11.5 Å². The molecule has 0 aliphatic carbocycles. The number of hydrogen-bond acceptors (Lipinski definition) is 6. The molecule has 1 aliphatic heterocycles. The van der Waals surface area contributed by atoms with E-state index in [4.69, 9.17) is 5.26 Å². The number of nitriles is 1. The number of nitrogens with zero attached hydrogens (tertiary/aromatic N) is 3. The Kier molecular flexibility index (Phi) is 4.26. The molecule has 19 heavy (non-hydrogen) atoms. The summed E-state index contributed by atoms with van der Waals surface area (Å²) in [5.74, 6) is 0.234. The van der Waals surface area contributed by atoms with Crippen LogP contribution in [-0.4, -0.2) is 29.0 Å². The van der Waals surface area contributed by atoms with Gasteiger partial charge < -0.3 is 10.6 Å². The second-order valence-corrected chi connectivity index (χ2v) is 4.50. The summed E-state index contributed by atoms with van der Waals surface area (Å²) < 4.78 is 0. The van der Waals surface area contributed by atoms with Crippen LogP contribution in [0.3, 0.4) is 0 Å². The molecule has 0 amide bonds. The monoisotopic (exact) mass is 261 g/mol. The van der Waals surface area contributed by atoms with Crippen molar-refractivity contribution in [1.29, 1.82) is 5.26 Å². The molecule has 2 heterocycles. The number of aromatic nitrogens is 1. The topological polar surface area (TPSA) is 104 Å². The average molecular weight is 261 g/mol. The second-order valence-electron chi connectivity index (χ2n) is 4.50. The maximum Gasteiger partial charge on any atom is 0.312 e. The second kappa shape index (κ2) is 6.11. The van der Waals surface area contributed by atoms with Gasteiger partial charge >= 0.3 is 5.69 Å². The van der Waals surface area contributed by atoms with E-state index in [0.29, 0.717) is 0 Å². The fourth-order valence-electron chi connectivity index (χ4n) is 2.10. The molecule has 1 unspecified atom stereocenters. The Morgan fingerprint density at radius 3 is 3.16 bits per heavy atom. The lowest BCUT2D eigenvalue weighted by molar-refractivity contribution is -0.384. The normalized spacial score (nSPS) is 19.2. The molecule has 1 aromatic heterocycles. The number of nitro groups is 1. The van der Waals surface area contributed by atoms with Crippen LogP contribution in [0.2, 0.25) is 0 Å². The minimum atomic E-state index is -0.514. The standard InChI is InChI=1S/C12H15N5O2/c13-6-9-5-11(17(18)19)12(15-7-9)16-10-3-1-2-4-14-8-10/h5,7,10,14H,1-4,8H2,(H,15,16). The van der Waals surface area contributed by atoms with Gasteiger partial charge in [0.05, 0.1) is 10.5 Å². The van der Waals surface area contributed by atoms with Crippen molar-refractivity contribution in [2.45, 2.75) is 25.3 Å². The molecule has 0 radical (unpaired) electrons. The van der Waals surface area contributed by atoms with E-state index in [1.54, 1.807) is 0 Å². The Hall–Kier alpha value is -2.20. The summed E-state index contributed by atoms with van der Waals surface area (Å²) in [4.78, 5) is 14.5. The van der Waals surface area contributed by atoms with Crippen molar-refractivity contribution in [3.8, 4) is 6.07 Å². The molecule has 1 aliphatic rings. The van der Waals surface area contributed by atoms with Crippen LogP contribution in [0.25, 0.3) is 0 Å². The van der Waals surface area contributed by atoms with Crippen LogP contribution in [0.5, 0.6) is 0 Å². The molecule has 100 valence electrons. The highest BCUT2D eigenvalue weighted by molar-refractivity contribution is 5.58. The summed E-state index contributed by atoms with van der Waals surface area (Å²) in [6.07, 6.45) is 4.49. The van der Waals surface area contributed by atoms with Crippen molar-refractivity contribution in [2.75, 3.05) is 18.4 Å². The molecular formula is C12H15N5O2. The zero-order valence-electron chi connectivity index (χ0n) is 10.4. The van der Waals surface area contributed by atoms with Gasteiger partial charge in [0.1, 0.15) is 6.07 Å². The third-order valence-electron chi connectivity index (χ3n) is 3.08. The van der Waals surface area contributed by atoms with Crippen molar-refractivity contribution in [3.05, 3.63) is 27.9 Å². The summed E-state index contributed by atoms with van der Waals surface area (Å²) in [6, 6.07) is 3.23. The zero-order valence-corrected chi connectivity index (χ0v) is 10.4. The first-order valence-electron chi connectivity index (χ1n) is 6.22. The summed E-state index contributed by atoms with van der Waals surface area (Å²) in [7, 11) is 0. The van der Waals surface area contributed by atoms with Gasteiger partial charge in [0.15, 0.2) is 0 Å². The lowest BCUT2D eigenvalue weighted by Crippen LogP contribution is -2.31. The molecule has 7 nitrogen and oxygen atoms in total. The van der Waals surface area contributed by atoms with E-state index in [9.17, 15) is 10.1 Å². The van der Waals surface area contributed by atoms with Gasteiger partial charge in [0.2, 0.25) is 5.82 Å². The van der Waals surface area contributed by atoms with E-state index < -0.39 is 4.92 Å². The number of rotatable bonds is 3. The Morgan fingerprint density at radius 1 is 1.58 bits per heavy atom. The van der Waals surface area contributed by atoms with Gasteiger partial charge in [-0.1, -0.05) is 6.42 Å². The predicted molar refractivity (Wildman–Crippen MR) is 69.7 cm³/mol. The fourth-order valence-corrected chi connectivity index (χ4v) is 2.10. The van der Waals surface area contributed by atoms with Crippen molar-refractivity contribution in [1.82, 2.24) is 10.3 Å². The summed E-state index contributed by atoms with van der Waals surface area (Å²) in [5, 5.41) is 26.1. The first-order valence-corrected chi connectivity index (χ1v) is 6.22. The SMILES string of the molecule is N#Cc1cnc(NC2CCCCNC2)c([N+](=O)[O-])c1. The molecule has 0 saturated carbocycles. The van der Waals surface area contributed by atoms with E-state index in [1.807, 2.05) is 6.07 Å². The lowest BCUT2D eigenvalue weighted by atomic mass is 10.1. The summed E-state index contributed by atoms with van der Waals surface area (Å²) in [5.41, 5.74) is 0.0412. The fraction of sp³-hybridized carbons (Fsp3) is 0.500. The molecule has 1 saturated heterocycles. The highest BCUT2D eigenvalue weighted by Crippen LogP contribution is 2.24. The number of nitrogens with one attached hydrogen (secondary N) is 2. The van der Waals surface area contributed by atoms with Gasteiger partial charge in [-0.05, 0) is 19.4 Å². The molecule has 0 aromatic carbocycles. The number of anilines is 1. The van der Waals surface area contributed by atoms with Crippen LogP contribution in [0, 0.1) is 21.4 Å². The van der Waals surface area contributed by atoms with Gasteiger partial charge in [0, 0.05) is 24.8 Å². The summed E-state index contributed by atoms with van der Waals surface area (Å²) >= 11 is 0. The van der Waals surface area contributed by atoms with Crippen molar-refractivity contribution in [2.24, 2.45) is 0 Å². The average Bonchev–Trinajstić information content (AvgIpc) is 2.67. The van der Waals surface area contributed by atoms with Gasteiger partial charge in [-0.15, -0.1) is 0 Å². The Morgan fingerprint density at radius 2 is 2.42 bits per heavy atom. The Labute approximate surface area is 110 Å². The highest BCUT2D eigenvalue weighted by Gasteiger charge is 2.20. The molecule has 1 aromatic rings. The van der Waals surface area contributed by atoms with Crippen LogP contribution in [-0.2, 0) is 0 Å². The van der Waals surface area contributed by atoms with E-state index in [2.05, 4.69) is 15.6 Å². The molecular weight excluding hydrogens is 246 g/mol. The van der Waals surface area contributed by atoms with Crippen LogP contribution < -0.4 is 10.6 Å². The van der Waals surface area contributed by atoms with E-state index in [1.165, 1.54) is 12.3 Å². The minimum Gasteiger partial charge on any atom is -0.360 e.